The second-order valence-corrected chi connectivity index (χ2v) is 8.53. The summed E-state index contributed by atoms with van der Waals surface area (Å²) >= 11 is 3.34. The Balaban J connectivity index is 1.89. The van der Waals surface area contributed by atoms with E-state index in [1.54, 1.807) is 0 Å². The van der Waals surface area contributed by atoms with Crippen molar-refractivity contribution >= 4 is 81.7 Å². The predicted octanol–water partition coefficient (Wildman–Crippen LogP) is 8.88. The van der Waals surface area contributed by atoms with E-state index in [0.29, 0.717) is 0 Å². The fraction of sp³-hybridized carbons (Fsp3) is 0. The minimum atomic E-state index is -0.583. The minimum absolute atomic E-state index is 0.0256. The Hall–Kier alpha value is -4.02. The summed E-state index contributed by atoms with van der Waals surface area (Å²) < 4.78 is 131. The van der Waals surface area contributed by atoms with Crippen LogP contribution in [0.25, 0.3) is 65.8 Å². The Morgan fingerprint density at radius 3 is 1.56 bits per heavy atom. The summed E-state index contributed by atoms with van der Waals surface area (Å²) in [5, 5.41) is -0.216. The van der Waals surface area contributed by atoms with Crippen molar-refractivity contribution in [1.82, 2.24) is 8.80 Å². The molecule has 4 heteroatoms. The van der Waals surface area contributed by atoms with Gasteiger partial charge in [-0.1, -0.05) is 52.2 Å². The smallest absolute Gasteiger partial charge is 0.129 e. The molecule has 0 saturated carbocycles. The van der Waals surface area contributed by atoms with Crippen LogP contribution in [0.5, 0.6) is 0 Å². The Morgan fingerprint density at radius 2 is 1.03 bits per heavy atom. The number of hydrogen-bond donors (Lipinski definition) is 0. The third-order valence-corrected chi connectivity index (χ3v) is 6.28. The third-order valence-electron chi connectivity index (χ3n) is 5.88. The maximum atomic E-state index is 9.11. The Morgan fingerprint density at radius 1 is 0.559 bits per heavy atom. The van der Waals surface area contributed by atoms with E-state index in [1.807, 2.05) is 0 Å². The summed E-state index contributed by atoms with van der Waals surface area (Å²) in [6.45, 7) is 0. The molecule has 3 aromatic heterocycles. The average Bonchev–Trinajstić information content (AvgIpc) is 3.58. The van der Waals surface area contributed by atoms with Gasteiger partial charge in [0, 0.05) is 49.2 Å². The number of aromatic nitrogens is 2. The lowest BCUT2D eigenvalue weighted by Crippen LogP contribution is -1.89. The quantitative estimate of drug-likeness (QED) is 0.198. The van der Waals surface area contributed by atoms with E-state index in [4.69, 9.17) is 23.6 Å². The Kier molecular flexibility index (Phi) is 1.86. The van der Waals surface area contributed by atoms with Crippen LogP contribution >= 0.6 is 15.9 Å². The first-order chi connectivity index (χ1) is 22.6. The molecule has 8 aromatic rings. The second-order valence-electron chi connectivity index (χ2n) is 7.74. The Labute approximate surface area is 221 Å². The molecule has 6 bridgehead atoms. The van der Waals surface area contributed by atoms with Crippen LogP contribution in [0, 0.1) is 0 Å². The average molecular weight is 515 g/mol. The second kappa shape index (κ2) is 6.52. The zero-order valence-electron chi connectivity index (χ0n) is 30.9. The van der Waals surface area contributed by atoms with Gasteiger partial charge in [0.15, 0.2) is 0 Å². The highest BCUT2D eigenvalue weighted by Gasteiger charge is 2.13. The van der Waals surface area contributed by atoms with E-state index in [1.165, 1.54) is 27.0 Å². The summed E-state index contributed by atoms with van der Waals surface area (Å²) in [5.41, 5.74) is -0.656. The first kappa shape index (κ1) is 9.69. The lowest BCUT2D eigenvalue weighted by atomic mass is 10.1. The first-order valence-corrected chi connectivity index (χ1v) is 11.0. The van der Waals surface area contributed by atoms with Crippen LogP contribution in [0.3, 0.4) is 0 Å². The van der Waals surface area contributed by atoms with Gasteiger partial charge in [-0.2, -0.15) is 0 Å². The monoisotopic (exact) mass is 514 g/mol. The van der Waals surface area contributed by atoms with Crippen LogP contribution in [-0.2, 0) is 0 Å². The summed E-state index contributed by atoms with van der Waals surface area (Å²) in [5.74, 6) is 0. The normalized spacial score (nSPS) is 18.0. The number of halogens is 1. The van der Waals surface area contributed by atoms with Crippen molar-refractivity contribution < 1.29 is 23.6 Å². The molecule has 0 atom stereocenters. The molecule has 8 rings (SSSR count). The maximum Gasteiger partial charge on any atom is 0.129 e. The van der Waals surface area contributed by atoms with Crippen LogP contribution in [0.4, 0.5) is 0 Å². The molecule has 0 spiro atoms. The van der Waals surface area contributed by atoms with E-state index in [9.17, 15) is 0 Å². The van der Waals surface area contributed by atoms with Crippen LogP contribution < -0.4 is 0 Å². The molecule has 160 valence electrons. The lowest BCUT2D eigenvalue weighted by molar-refractivity contribution is 0.656. The molecule has 34 heavy (non-hydrogen) atoms. The van der Waals surface area contributed by atoms with Gasteiger partial charge >= 0.3 is 0 Å². The van der Waals surface area contributed by atoms with Gasteiger partial charge < -0.3 is 13.2 Å². The number of para-hydroxylation sites is 2. The summed E-state index contributed by atoms with van der Waals surface area (Å²) in [4.78, 5) is 0. The largest absolute Gasteiger partial charge is 0.457 e. The van der Waals surface area contributed by atoms with E-state index in [-0.39, 0.29) is 82.4 Å². The van der Waals surface area contributed by atoms with Gasteiger partial charge in [-0.25, -0.2) is 0 Å². The molecule has 0 fully saturated rings. The molecule has 0 amide bonds. The number of rotatable bonds is 0. The molecule has 0 N–H and O–H groups in total. The van der Waals surface area contributed by atoms with E-state index in [0.717, 1.165) is 0 Å². The number of nitrogens with zero attached hydrogens (tertiary/aromatic N) is 2. The van der Waals surface area contributed by atoms with Gasteiger partial charge in [0.1, 0.15) is 11.2 Å². The molecular formula is C30H17BrN2O. The highest BCUT2D eigenvalue weighted by Crippen LogP contribution is 2.34. The Bertz CT molecular complexity index is 2720. The van der Waals surface area contributed by atoms with Crippen molar-refractivity contribution in [1.29, 1.82) is 0 Å². The van der Waals surface area contributed by atoms with Gasteiger partial charge in [-0.3, -0.25) is 0 Å². The van der Waals surface area contributed by atoms with Crippen molar-refractivity contribution in [2.24, 2.45) is 0 Å². The fourth-order valence-corrected chi connectivity index (χ4v) is 4.96. The zero-order valence-corrected chi connectivity index (χ0v) is 18.5. The summed E-state index contributed by atoms with van der Waals surface area (Å²) in [6.07, 6.45) is 0. The third kappa shape index (κ3) is 2.41. The predicted molar refractivity (Wildman–Crippen MR) is 145 cm³/mol. The topological polar surface area (TPSA) is 22.0 Å². The maximum absolute atomic E-state index is 9.11. The van der Waals surface area contributed by atoms with Gasteiger partial charge in [-0.05, 0) is 54.4 Å². The van der Waals surface area contributed by atoms with Gasteiger partial charge in [0.25, 0.3) is 0 Å². The van der Waals surface area contributed by atoms with E-state index in [2.05, 4.69) is 15.9 Å². The van der Waals surface area contributed by atoms with Crippen molar-refractivity contribution in [2.45, 2.75) is 0 Å². The van der Waals surface area contributed by atoms with Crippen LogP contribution in [0.2, 0.25) is 0 Å². The van der Waals surface area contributed by atoms with Crippen LogP contribution in [0.15, 0.2) is 112 Å². The fourth-order valence-electron chi connectivity index (χ4n) is 4.55. The standard InChI is InChI=1S/C30H17BrN2O/c31-18-13-19-15-20(14-18)33-28-8-4-2-6-24(28)26-12-10-22(17-30(26)33)34-21-9-11-25-23-5-1-3-7-27(23)32(19)29(25)16-21/h1-17H/i1D,2D,3D,4D,5D,6D,7D,8D,9D,10D,11D,12D,13D,14D. The molecule has 0 aliphatic heterocycles. The van der Waals surface area contributed by atoms with Crippen molar-refractivity contribution in [3.05, 3.63) is 107 Å². The first-order valence-electron chi connectivity index (χ1n) is 17.2. The van der Waals surface area contributed by atoms with Crippen LogP contribution in [0.1, 0.15) is 19.2 Å². The van der Waals surface area contributed by atoms with Gasteiger partial charge in [-0.15, -0.1) is 0 Å². The summed E-state index contributed by atoms with van der Waals surface area (Å²) in [6, 6.07) is -2.64. The molecule has 0 aliphatic rings. The van der Waals surface area contributed by atoms with Crippen molar-refractivity contribution in [3.63, 3.8) is 0 Å². The highest BCUT2D eigenvalue weighted by atomic mass is 79.9. The van der Waals surface area contributed by atoms with Crippen LogP contribution in [-0.4, -0.2) is 8.80 Å². The molecule has 3 nitrogen and oxygen atoms in total. The molecular weight excluding hydrogens is 484 g/mol. The molecule has 0 radical (unpaired) electrons. The molecule has 0 aliphatic carbocycles. The van der Waals surface area contributed by atoms with Crippen molar-refractivity contribution in [2.75, 3.05) is 0 Å². The zero-order chi connectivity index (χ0) is 34.6. The number of hydrogen-bond acceptors (Lipinski definition) is 1. The van der Waals surface area contributed by atoms with Crippen molar-refractivity contribution in [3.8, 4) is 0 Å². The van der Waals surface area contributed by atoms with E-state index >= 15 is 0 Å². The highest BCUT2D eigenvalue weighted by molar-refractivity contribution is 9.10. The molecule has 0 saturated heterocycles. The number of fused-ring (bicyclic) bond motifs is 12. The minimum Gasteiger partial charge on any atom is -0.457 e. The van der Waals surface area contributed by atoms with E-state index < -0.39 is 72.5 Å². The lowest BCUT2D eigenvalue weighted by Gasteiger charge is -2.05. The number of benzene rings is 5. The van der Waals surface area contributed by atoms with Gasteiger partial charge in [0.2, 0.25) is 0 Å². The molecule has 0 unspecified atom stereocenters. The molecule has 5 aromatic carbocycles. The summed E-state index contributed by atoms with van der Waals surface area (Å²) in [7, 11) is 0. The SMILES string of the molecule is [2H]c1c([2H])c([2H])c2c(c1[2H])c1c([2H])c([2H])c3cc1n2c1cc(c([2H])c(Br)c1[2H])n1c2cc(o3)c([2H])c([2H])c2c2c([2H])c([2H])c([2H])c([2H])c21. The van der Waals surface area contributed by atoms with Gasteiger partial charge in [0.05, 0.1) is 41.3 Å². The molecule has 3 heterocycles.